The fourth-order valence-electron chi connectivity index (χ4n) is 0.793. The Kier molecular flexibility index (Phi) is 1.54. The van der Waals surface area contributed by atoms with Gasteiger partial charge in [0.2, 0.25) is 0 Å². The molecule has 0 aromatic heterocycles. The van der Waals surface area contributed by atoms with Crippen molar-refractivity contribution in [3.8, 4) is 0 Å². The first-order chi connectivity index (χ1) is 3.61. The van der Waals surface area contributed by atoms with Gasteiger partial charge in [-0.1, -0.05) is 0 Å². The van der Waals surface area contributed by atoms with Crippen LogP contribution < -0.4 is 0 Å². The Balaban J connectivity index is 2.34. The fourth-order valence-corrected chi connectivity index (χ4v) is 1.67. The average molecular weight is 132 g/mol. The molecule has 2 heteroatoms. The topological polar surface area (TPSA) is 20.2 Å². The lowest BCUT2D eigenvalue weighted by molar-refractivity contribution is 0.0733. The molecule has 1 N–H and O–H groups in total. The quantitative estimate of drug-likeness (QED) is 0.579. The van der Waals surface area contributed by atoms with Gasteiger partial charge in [0.1, 0.15) is 0 Å². The molecule has 1 rings (SSSR count). The predicted molar refractivity (Wildman–Crippen MR) is 37.2 cm³/mol. The summed E-state index contributed by atoms with van der Waals surface area (Å²) >= 11 is 1.86. The average Bonchev–Trinajstić information content (AvgIpc) is 1.16. The van der Waals surface area contributed by atoms with Gasteiger partial charge in [0.25, 0.3) is 0 Å². The molecule has 0 aromatic rings. The summed E-state index contributed by atoms with van der Waals surface area (Å²) in [5, 5.41) is 9.82. The van der Waals surface area contributed by atoms with Crippen LogP contribution in [0.1, 0.15) is 20.3 Å². The smallest absolute Gasteiger partial charge is 0.0710 e. The number of aliphatic hydroxyl groups is 1. The predicted octanol–water partition coefficient (Wildman–Crippen LogP) is 1.26. The Morgan fingerprint density at radius 2 is 2.12 bits per heavy atom. The molecular weight excluding hydrogens is 120 g/mol. The summed E-state index contributed by atoms with van der Waals surface area (Å²) in [6.07, 6.45) is 1.19. The third kappa shape index (κ3) is 1.17. The highest BCUT2D eigenvalue weighted by molar-refractivity contribution is 8.01. The van der Waals surface area contributed by atoms with E-state index in [-0.39, 0.29) is 0 Å². The largest absolute Gasteiger partial charge is 0.389 e. The van der Waals surface area contributed by atoms with Crippen LogP contribution in [-0.4, -0.2) is 21.7 Å². The van der Waals surface area contributed by atoms with Crippen LogP contribution >= 0.6 is 11.8 Å². The Morgan fingerprint density at radius 1 is 1.62 bits per heavy atom. The second-order valence-electron chi connectivity index (χ2n) is 2.80. The summed E-state index contributed by atoms with van der Waals surface area (Å²) in [6, 6.07) is 0. The van der Waals surface area contributed by atoms with Crippen molar-refractivity contribution in [3.63, 3.8) is 0 Å². The molecule has 1 saturated heterocycles. The van der Waals surface area contributed by atoms with E-state index in [9.17, 15) is 5.11 Å². The van der Waals surface area contributed by atoms with Gasteiger partial charge in [0.15, 0.2) is 0 Å². The Labute approximate surface area is 54.5 Å². The SMILES string of the molecule is CC(C)(O)C1CCS1. The number of hydrogen-bond donors (Lipinski definition) is 1. The number of thioether (sulfide) groups is 1. The molecule has 0 aliphatic carbocycles. The normalized spacial score (nSPS) is 29.6. The van der Waals surface area contributed by atoms with Crippen LogP contribution in [0.25, 0.3) is 0 Å². The highest BCUT2D eigenvalue weighted by atomic mass is 32.2. The lowest BCUT2D eigenvalue weighted by Gasteiger charge is -2.35. The first-order valence-corrected chi connectivity index (χ1v) is 3.99. The molecule has 0 bridgehead atoms. The maximum absolute atomic E-state index is 9.32. The molecule has 0 aromatic carbocycles. The minimum absolute atomic E-state index is 0.442. The fraction of sp³-hybridized carbons (Fsp3) is 1.00. The minimum atomic E-state index is -0.442. The summed E-state index contributed by atoms with van der Waals surface area (Å²) in [4.78, 5) is 0. The highest BCUT2D eigenvalue weighted by Gasteiger charge is 2.32. The van der Waals surface area contributed by atoms with Gasteiger partial charge in [0.05, 0.1) is 5.60 Å². The van der Waals surface area contributed by atoms with Crippen LogP contribution in [0, 0.1) is 0 Å². The summed E-state index contributed by atoms with van der Waals surface area (Å²) in [7, 11) is 0. The molecule has 8 heavy (non-hydrogen) atoms. The zero-order valence-corrected chi connectivity index (χ0v) is 6.16. The monoisotopic (exact) mass is 132 g/mol. The molecule has 1 aliphatic rings. The van der Waals surface area contributed by atoms with E-state index >= 15 is 0 Å². The van der Waals surface area contributed by atoms with E-state index in [2.05, 4.69) is 0 Å². The van der Waals surface area contributed by atoms with Crippen LogP contribution in [0.4, 0.5) is 0 Å². The summed E-state index contributed by atoms with van der Waals surface area (Å²) in [5.41, 5.74) is -0.442. The first-order valence-electron chi connectivity index (χ1n) is 2.94. The molecule has 1 aliphatic heterocycles. The van der Waals surface area contributed by atoms with Crippen molar-refractivity contribution in [2.24, 2.45) is 0 Å². The summed E-state index contributed by atoms with van der Waals surface area (Å²) in [5.74, 6) is 1.23. The summed E-state index contributed by atoms with van der Waals surface area (Å²) < 4.78 is 0. The van der Waals surface area contributed by atoms with Gasteiger partial charge in [-0.15, -0.1) is 0 Å². The summed E-state index contributed by atoms with van der Waals surface area (Å²) in [6.45, 7) is 3.76. The van der Waals surface area contributed by atoms with Gasteiger partial charge in [-0.05, 0) is 26.0 Å². The molecule has 0 spiro atoms. The molecule has 1 atom stereocenters. The molecule has 1 unspecified atom stereocenters. The molecule has 0 saturated carbocycles. The lowest BCUT2D eigenvalue weighted by Crippen LogP contribution is -2.38. The van der Waals surface area contributed by atoms with Crippen molar-refractivity contribution in [1.82, 2.24) is 0 Å². The maximum atomic E-state index is 9.32. The zero-order valence-electron chi connectivity index (χ0n) is 5.35. The van der Waals surface area contributed by atoms with Gasteiger partial charge in [-0.2, -0.15) is 11.8 Å². The molecular formula is C6H12OS. The van der Waals surface area contributed by atoms with E-state index in [4.69, 9.17) is 0 Å². The van der Waals surface area contributed by atoms with Crippen molar-refractivity contribution in [3.05, 3.63) is 0 Å². The minimum Gasteiger partial charge on any atom is -0.389 e. The van der Waals surface area contributed by atoms with Crippen LogP contribution in [0.3, 0.4) is 0 Å². The molecule has 0 amide bonds. The van der Waals surface area contributed by atoms with E-state index in [1.54, 1.807) is 0 Å². The second-order valence-corrected chi connectivity index (χ2v) is 4.11. The van der Waals surface area contributed by atoms with Crippen LogP contribution in [-0.2, 0) is 0 Å². The Hall–Kier alpha value is 0.310. The van der Waals surface area contributed by atoms with E-state index in [0.717, 1.165) is 0 Å². The van der Waals surface area contributed by atoms with Crippen LogP contribution in [0.5, 0.6) is 0 Å². The zero-order chi connectivity index (χ0) is 6.20. The Morgan fingerprint density at radius 3 is 2.12 bits per heavy atom. The van der Waals surface area contributed by atoms with Gasteiger partial charge in [-0.3, -0.25) is 0 Å². The third-order valence-corrected chi connectivity index (χ3v) is 3.17. The molecule has 1 fully saturated rings. The molecule has 1 heterocycles. The molecule has 1 nitrogen and oxygen atoms in total. The number of rotatable bonds is 1. The van der Waals surface area contributed by atoms with Crippen molar-refractivity contribution in [1.29, 1.82) is 0 Å². The van der Waals surface area contributed by atoms with Crippen LogP contribution in [0.2, 0.25) is 0 Å². The van der Waals surface area contributed by atoms with Crippen LogP contribution in [0.15, 0.2) is 0 Å². The van der Waals surface area contributed by atoms with Gasteiger partial charge in [-0.25, -0.2) is 0 Å². The van der Waals surface area contributed by atoms with Crippen molar-refractivity contribution in [2.75, 3.05) is 5.75 Å². The first kappa shape index (κ1) is 6.43. The molecule has 0 radical (unpaired) electrons. The van der Waals surface area contributed by atoms with Gasteiger partial charge >= 0.3 is 0 Å². The van der Waals surface area contributed by atoms with Gasteiger partial charge in [0, 0.05) is 5.25 Å². The van der Waals surface area contributed by atoms with E-state index in [1.165, 1.54) is 12.2 Å². The van der Waals surface area contributed by atoms with E-state index in [0.29, 0.717) is 5.25 Å². The lowest BCUT2D eigenvalue weighted by atomic mass is 10.0. The highest BCUT2D eigenvalue weighted by Crippen LogP contribution is 2.35. The standard InChI is InChI=1S/C6H12OS/c1-6(2,7)5-3-4-8-5/h5,7H,3-4H2,1-2H3. The third-order valence-electron chi connectivity index (χ3n) is 1.49. The van der Waals surface area contributed by atoms with E-state index < -0.39 is 5.60 Å². The maximum Gasteiger partial charge on any atom is 0.0710 e. The molecule has 48 valence electrons. The van der Waals surface area contributed by atoms with E-state index in [1.807, 2.05) is 25.6 Å². The second kappa shape index (κ2) is 1.92. The van der Waals surface area contributed by atoms with Crippen molar-refractivity contribution < 1.29 is 5.11 Å². The Bertz CT molecular complexity index is 81.0. The number of hydrogen-bond acceptors (Lipinski definition) is 2. The van der Waals surface area contributed by atoms with Crippen molar-refractivity contribution in [2.45, 2.75) is 31.1 Å². The van der Waals surface area contributed by atoms with Gasteiger partial charge < -0.3 is 5.11 Å². The van der Waals surface area contributed by atoms with Crippen molar-refractivity contribution >= 4 is 11.8 Å².